The molecule has 1 aromatic carbocycles. The summed E-state index contributed by atoms with van der Waals surface area (Å²) in [6, 6.07) is 3.98. The maximum Gasteiger partial charge on any atom is 0.320 e. The highest BCUT2D eigenvalue weighted by molar-refractivity contribution is 6.30. The van der Waals surface area contributed by atoms with Crippen molar-refractivity contribution < 1.29 is 14.3 Å². The van der Waals surface area contributed by atoms with Crippen LogP contribution in [-0.4, -0.2) is 28.6 Å². The lowest BCUT2D eigenvalue weighted by Crippen LogP contribution is -2.35. The topological polar surface area (TPSA) is 40.5 Å². The van der Waals surface area contributed by atoms with Crippen LogP contribution in [0.2, 0.25) is 5.02 Å². The number of likely N-dealkylation sites (tertiary alicyclic amines) is 1. The molecule has 0 amide bonds. The lowest BCUT2D eigenvalue weighted by molar-refractivity contribution is -0.142. The molecule has 1 aliphatic rings. The molecule has 0 aromatic heterocycles. The van der Waals surface area contributed by atoms with Crippen LogP contribution in [0.4, 0.5) is 4.39 Å². The summed E-state index contributed by atoms with van der Waals surface area (Å²) >= 11 is 5.66. The molecule has 0 spiro atoms. The number of hydrogen-bond donors (Lipinski definition) is 1. The second-order valence-corrected chi connectivity index (χ2v) is 4.64. The molecular weight excluding hydrogens is 245 g/mol. The zero-order valence-corrected chi connectivity index (χ0v) is 9.95. The molecule has 1 fully saturated rings. The van der Waals surface area contributed by atoms with Gasteiger partial charge < -0.3 is 5.11 Å². The van der Waals surface area contributed by atoms with Gasteiger partial charge in [0.05, 0.1) is 0 Å². The first-order valence-electron chi connectivity index (χ1n) is 5.48. The van der Waals surface area contributed by atoms with Gasteiger partial charge in [0.25, 0.3) is 0 Å². The highest BCUT2D eigenvalue weighted by Gasteiger charge is 2.30. The molecule has 92 valence electrons. The van der Waals surface area contributed by atoms with Crippen molar-refractivity contribution in [1.29, 1.82) is 0 Å². The van der Waals surface area contributed by atoms with Crippen molar-refractivity contribution >= 4 is 17.6 Å². The largest absolute Gasteiger partial charge is 0.480 e. The predicted octanol–water partition coefficient (Wildman–Crippen LogP) is 2.53. The van der Waals surface area contributed by atoms with E-state index >= 15 is 0 Å². The molecule has 2 rings (SSSR count). The molecule has 1 atom stereocenters. The average Bonchev–Trinajstić information content (AvgIpc) is 2.70. The fourth-order valence-corrected chi connectivity index (χ4v) is 2.32. The fourth-order valence-electron chi connectivity index (χ4n) is 2.16. The first-order chi connectivity index (χ1) is 8.08. The summed E-state index contributed by atoms with van der Waals surface area (Å²) in [6.07, 6.45) is 1.47. The summed E-state index contributed by atoms with van der Waals surface area (Å²) in [5.41, 5.74) is 0.488. The predicted molar refractivity (Wildman–Crippen MR) is 62.5 cm³/mol. The average molecular weight is 258 g/mol. The van der Waals surface area contributed by atoms with E-state index in [0.717, 1.165) is 6.42 Å². The quantitative estimate of drug-likeness (QED) is 0.905. The van der Waals surface area contributed by atoms with E-state index in [9.17, 15) is 9.18 Å². The number of rotatable bonds is 3. The fraction of sp³-hybridized carbons (Fsp3) is 0.417. The van der Waals surface area contributed by atoms with Crippen LogP contribution in [0.3, 0.4) is 0 Å². The van der Waals surface area contributed by atoms with Crippen molar-refractivity contribution in [1.82, 2.24) is 4.90 Å². The molecule has 3 nitrogen and oxygen atoms in total. The number of nitrogens with zero attached hydrogens (tertiary/aromatic N) is 1. The number of halogens is 2. The van der Waals surface area contributed by atoms with Crippen LogP contribution in [-0.2, 0) is 11.3 Å². The van der Waals surface area contributed by atoms with Gasteiger partial charge in [-0.25, -0.2) is 4.39 Å². The van der Waals surface area contributed by atoms with E-state index in [-0.39, 0.29) is 5.82 Å². The van der Waals surface area contributed by atoms with Crippen molar-refractivity contribution in [3.63, 3.8) is 0 Å². The molecule has 1 N–H and O–H groups in total. The number of aliphatic carboxylic acids is 1. The Kier molecular flexibility index (Phi) is 3.64. The molecule has 1 aromatic rings. The maximum atomic E-state index is 13.6. The minimum atomic E-state index is -0.836. The van der Waals surface area contributed by atoms with Gasteiger partial charge >= 0.3 is 5.97 Å². The Morgan fingerprint density at radius 3 is 3.00 bits per heavy atom. The highest BCUT2D eigenvalue weighted by atomic mass is 35.5. The van der Waals surface area contributed by atoms with Crippen molar-refractivity contribution in [2.75, 3.05) is 6.54 Å². The minimum absolute atomic E-state index is 0.319. The number of hydrogen-bond acceptors (Lipinski definition) is 2. The molecule has 5 heteroatoms. The van der Waals surface area contributed by atoms with E-state index in [0.29, 0.717) is 30.1 Å². The van der Waals surface area contributed by atoms with Gasteiger partial charge in [-0.2, -0.15) is 0 Å². The Balaban J connectivity index is 2.12. The molecule has 0 radical (unpaired) electrons. The Bertz CT molecular complexity index is 439. The minimum Gasteiger partial charge on any atom is -0.480 e. The summed E-state index contributed by atoms with van der Waals surface area (Å²) < 4.78 is 13.6. The van der Waals surface area contributed by atoms with Crippen molar-refractivity contribution in [2.45, 2.75) is 25.4 Å². The Morgan fingerprint density at radius 2 is 2.35 bits per heavy atom. The molecule has 17 heavy (non-hydrogen) atoms. The molecule has 0 unspecified atom stereocenters. The van der Waals surface area contributed by atoms with Crippen molar-refractivity contribution in [2.24, 2.45) is 0 Å². The summed E-state index contributed by atoms with van der Waals surface area (Å²) in [5, 5.41) is 9.37. The summed E-state index contributed by atoms with van der Waals surface area (Å²) in [4.78, 5) is 12.8. The number of carboxylic acids is 1. The van der Waals surface area contributed by atoms with Crippen LogP contribution in [0.1, 0.15) is 18.4 Å². The van der Waals surface area contributed by atoms with Crippen molar-refractivity contribution in [3.8, 4) is 0 Å². The van der Waals surface area contributed by atoms with Crippen LogP contribution >= 0.6 is 11.6 Å². The standard InChI is InChI=1S/C12H13ClFNO2/c13-9-4-3-8(10(14)6-9)7-15-5-1-2-11(15)12(16)17/h3-4,6,11H,1-2,5,7H2,(H,16,17)/t11-/m0/s1. The monoisotopic (exact) mass is 257 g/mol. The highest BCUT2D eigenvalue weighted by Crippen LogP contribution is 2.22. The SMILES string of the molecule is O=C(O)[C@@H]1CCCN1Cc1ccc(Cl)cc1F. The Hall–Kier alpha value is -1.13. The van der Waals surface area contributed by atoms with E-state index in [4.69, 9.17) is 16.7 Å². The third-order valence-corrected chi connectivity index (χ3v) is 3.27. The van der Waals surface area contributed by atoms with Gasteiger partial charge in [-0.3, -0.25) is 9.69 Å². The van der Waals surface area contributed by atoms with E-state index in [1.165, 1.54) is 6.07 Å². The molecule has 0 bridgehead atoms. The lowest BCUT2D eigenvalue weighted by Gasteiger charge is -2.21. The lowest BCUT2D eigenvalue weighted by atomic mass is 10.1. The van der Waals surface area contributed by atoms with Gasteiger partial charge in [0.1, 0.15) is 11.9 Å². The first-order valence-corrected chi connectivity index (χ1v) is 5.86. The zero-order chi connectivity index (χ0) is 12.4. The van der Waals surface area contributed by atoms with Crippen LogP contribution < -0.4 is 0 Å². The molecule has 1 saturated heterocycles. The first kappa shape index (κ1) is 12.3. The van der Waals surface area contributed by atoms with Crippen LogP contribution in [0.5, 0.6) is 0 Å². The summed E-state index contributed by atoms with van der Waals surface area (Å²) in [5.74, 6) is -1.22. The zero-order valence-electron chi connectivity index (χ0n) is 9.20. The van der Waals surface area contributed by atoms with E-state index in [1.54, 1.807) is 17.0 Å². The van der Waals surface area contributed by atoms with Crippen LogP contribution in [0.25, 0.3) is 0 Å². The smallest absolute Gasteiger partial charge is 0.320 e. The number of benzene rings is 1. The van der Waals surface area contributed by atoms with Crippen LogP contribution in [0, 0.1) is 5.82 Å². The van der Waals surface area contributed by atoms with E-state index in [1.807, 2.05) is 0 Å². The number of carboxylic acid groups (broad SMARTS) is 1. The molecule has 0 saturated carbocycles. The maximum absolute atomic E-state index is 13.6. The van der Waals surface area contributed by atoms with Gasteiger partial charge in [-0.15, -0.1) is 0 Å². The molecule has 0 aliphatic carbocycles. The molecule has 1 heterocycles. The van der Waals surface area contributed by atoms with Gasteiger partial charge in [0.2, 0.25) is 0 Å². The second-order valence-electron chi connectivity index (χ2n) is 4.20. The molecular formula is C12H13ClFNO2. The van der Waals surface area contributed by atoms with Crippen molar-refractivity contribution in [3.05, 3.63) is 34.6 Å². The third-order valence-electron chi connectivity index (χ3n) is 3.04. The summed E-state index contributed by atoms with van der Waals surface area (Å²) in [6.45, 7) is 1.01. The van der Waals surface area contributed by atoms with E-state index in [2.05, 4.69) is 0 Å². The number of carbonyl (C=O) groups is 1. The van der Waals surface area contributed by atoms with Crippen LogP contribution in [0.15, 0.2) is 18.2 Å². The van der Waals surface area contributed by atoms with Gasteiger partial charge in [0, 0.05) is 17.1 Å². The normalized spacial score (nSPS) is 20.7. The Morgan fingerprint density at radius 1 is 1.59 bits per heavy atom. The summed E-state index contributed by atoms with van der Waals surface area (Å²) in [7, 11) is 0. The van der Waals surface area contributed by atoms with Gasteiger partial charge in [-0.1, -0.05) is 17.7 Å². The Labute approximate surface area is 104 Å². The van der Waals surface area contributed by atoms with Gasteiger partial charge in [-0.05, 0) is 31.5 Å². The van der Waals surface area contributed by atoms with E-state index < -0.39 is 12.0 Å². The van der Waals surface area contributed by atoms with Gasteiger partial charge in [0.15, 0.2) is 0 Å². The third kappa shape index (κ3) is 2.76. The molecule has 1 aliphatic heterocycles. The second kappa shape index (κ2) is 5.02.